The summed E-state index contributed by atoms with van der Waals surface area (Å²) < 4.78 is 0. The third-order valence-electron chi connectivity index (χ3n) is 5.48. The van der Waals surface area contributed by atoms with Crippen LogP contribution in [0.5, 0.6) is 5.75 Å². The van der Waals surface area contributed by atoms with Crippen LogP contribution in [0.25, 0.3) is 11.3 Å². The Morgan fingerprint density at radius 3 is 2.67 bits per heavy atom. The highest BCUT2D eigenvalue weighted by molar-refractivity contribution is 5.72. The molecule has 27 heavy (non-hydrogen) atoms. The Balaban J connectivity index is 1.87. The number of phenolic OH excluding ortho intramolecular Hbond substituents is 1. The molecule has 0 aliphatic carbocycles. The fraction of sp³-hybridized carbons (Fsp3) is 0.429. The van der Waals surface area contributed by atoms with Crippen LogP contribution in [-0.2, 0) is 0 Å². The Labute approximate surface area is 159 Å². The number of nitrogens with zero attached hydrogens (tertiary/aromatic N) is 3. The van der Waals surface area contributed by atoms with E-state index in [1.807, 2.05) is 24.3 Å². The highest BCUT2D eigenvalue weighted by atomic mass is 16.3. The quantitative estimate of drug-likeness (QED) is 0.775. The predicted octanol–water partition coefficient (Wildman–Crippen LogP) is 2.20. The molecule has 1 unspecified atom stereocenters. The number of nitrogens with one attached hydrogen (secondary N) is 2. The number of aromatic nitrogens is 1. The van der Waals surface area contributed by atoms with E-state index in [1.165, 1.54) is 0 Å². The highest BCUT2D eigenvalue weighted by Gasteiger charge is 2.26. The van der Waals surface area contributed by atoms with Crippen molar-refractivity contribution in [3.05, 3.63) is 41.5 Å². The van der Waals surface area contributed by atoms with Crippen molar-refractivity contribution in [2.75, 3.05) is 44.2 Å². The van der Waals surface area contributed by atoms with Gasteiger partial charge in [-0.1, -0.05) is 12.1 Å². The average Bonchev–Trinajstić information content (AvgIpc) is 2.74. The van der Waals surface area contributed by atoms with E-state index in [1.54, 1.807) is 6.07 Å². The van der Waals surface area contributed by atoms with E-state index in [0.29, 0.717) is 17.0 Å². The molecule has 1 aromatic heterocycles. The summed E-state index contributed by atoms with van der Waals surface area (Å²) in [5.74, 6) is 1.26. The maximum absolute atomic E-state index is 10.4. The van der Waals surface area contributed by atoms with E-state index in [2.05, 4.69) is 21.6 Å². The lowest BCUT2D eigenvalue weighted by Crippen LogP contribution is -2.44. The number of pyridine rings is 1. The topological polar surface area (TPSA) is 84.2 Å². The average molecular weight is 363 g/mol. The minimum absolute atomic E-state index is 0.216. The van der Waals surface area contributed by atoms with Crippen molar-refractivity contribution < 1.29 is 5.11 Å². The zero-order valence-corrected chi connectivity index (χ0v) is 15.4. The number of para-hydroxylation sites is 1. The summed E-state index contributed by atoms with van der Waals surface area (Å²) in [5, 5.41) is 27.1. The molecule has 2 fully saturated rings. The zero-order valence-electron chi connectivity index (χ0n) is 15.4. The molecule has 3 heterocycles. The van der Waals surface area contributed by atoms with Gasteiger partial charge in [0.25, 0.3) is 0 Å². The number of rotatable bonds is 3. The van der Waals surface area contributed by atoms with E-state index in [-0.39, 0.29) is 5.75 Å². The summed E-state index contributed by atoms with van der Waals surface area (Å²) in [7, 11) is 0. The van der Waals surface area contributed by atoms with Crippen LogP contribution >= 0.6 is 0 Å². The van der Waals surface area contributed by atoms with Crippen molar-refractivity contribution in [3.8, 4) is 23.1 Å². The van der Waals surface area contributed by atoms with Crippen LogP contribution in [0.4, 0.5) is 5.82 Å². The molecule has 0 saturated carbocycles. The summed E-state index contributed by atoms with van der Waals surface area (Å²) in [5.41, 5.74) is 3.18. The number of phenols is 1. The second-order valence-corrected chi connectivity index (χ2v) is 7.20. The van der Waals surface area contributed by atoms with Crippen LogP contribution in [0.15, 0.2) is 30.3 Å². The van der Waals surface area contributed by atoms with Crippen LogP contribution in [0, 0.1) is 11.3 Å². The van der Waals surface area contributed by atoms with Crippen molar-refractivity contribution in [2.45, 2.75) is 18.8 Å². The maximum atomic E-state index is 10.4. The highest BCUT2D eigenvalue weighted by Crippen LogP contribution is 2.36. The molecular formula is C21H25N5O. The van der Waals surface area contributed by atoms with Crippen molar-refractivity contribution >= 4 is 5.82 Å². The number of piperazine rings is 1. The third kappa shape index (κ3) is 3.61. The third-order valence-corrected chi connectivity index (χ3v) is 5.48. The molecule has 6 heteroatoms. The smallest absolute Gasteiger partial charge is 0.147 e. The van der Waals surface area contributed by atoms with Gasteiger partial charge in [-0.25, -0.2) is 4.98 Å². The molecule has 0 spiro atoms. The lowest BCUT2D eigenvalue weighted by Gasteiger charge is -2.31. The number of hydrogen-bond donors (Lipinski definition) is 3. The number of benzene rings is 1. The zero-order chi connectivity index (χ0) is 18.6. The molecule has 1 atom stereocenters. The fourth-order valence-corrected chi connectivity index (χ4v) is 4.04. The maximum Gasteiger partial charge on any atom is 0.147 e. The molecule has 0 bridgehead atoms. The molecule has 6 nitrogen and oxygen atoms in total. The van der Waals surface area contributed by atoms with Crippen LogP contribution in [-0.4, -0.2) is 49.4 Å². The standard InChI is InChI=1S/C21H25N5O/c22-13-18-17(15-4-3-7-24-14-15)12-19(16-5-1-2-6-20(16)27)25-21(18)26-10-8-23-9-11-26/h1-2,5-6,12,15,23-24,27H,3-4,7-11,14H2. The van der Waals surface area contributed by atoms with Gasteiger partial charge in [-0.05, 0) is 49.1 Å². The van der Waals surface area contributed by atoms with Crippen LogP contribution in [0.2, 0.25) is 0 Å². The van der Waals surface area contributed by atoms with E-state index in [0.717, 1.165) is 69.2 Å². The van der Waals surface area contributed by atoms with E-state index in [4.69, 9.17) is 4.98 Å². The summed E-state index contributed by atoms with van der Waals surface area (Å²) in [6.45, 7) is 5.32. The Hall–Kier alpha value is -2.62. The first-order chi connectivity index (χ1) is 13.3. The Morgan fingerprint density at radius 2 is 1.96 bits per heavy atom. The van der Waals surface area contributed by atoms with Gasteiger partial charge in [-0.3, -0.25) is 0 Å². The van der Waals surface area contributed by atoms with Gasteiger partial charge in [0, 0.05) is 38.3 Å². The molecule has 0 radical (unpaired) electrons. The Morgan fingerprint density at radius 1 is 1.15 bits per heavy atom. The van der Waals surface area contributed by atoms with Gasteiger partial charge in [0.2, 0.25) is 0 Å². The van der Waals surface area contributed by atoms with E-state index in [9.17, 15) is 10.4 Å². The van der Waals surface area contributed by atoms with Crippen molar-refractivity contribution in [1.82, 2.24) is 15.6 Å². The number of piperidine rings is 1. The summed E-state index contributed by atoms with van der Waals surface area (Å²) in [6.07, 6.45) is 2.17. The lowest BCUT2D eigenvalue weighted by molar-refractivity contribution is 0.460. The first kappa shape index (κ1) is 17.8. The molecule has 0 amide bonds. The van der Waals surface area contributed by atoms with Gasteiger partial charge in [0.15, 0.2) is 0 Å². The van der Waals surface area contributed by atoms with Crippen LogP contribution in [0.1, 0.15) is 29.9 Å². The summed E-state index contributed by atoms with van der Waals surface area (Å²) >= 11 is 0. The van der Waals surface area contributed by atoms with Gasteiger partial charge < -0.3 is 20.6 Å². The van der Waals surface area contributed by atoms with Crippen molar-refractivity contribution in [1.29, 1.82) is 5.26 Å². The minimum atomic E-state index is 0.216. The number of anilines is 1. The Kier molecular flexibility index (Phi) is 5.23. The predicted molar refractivity (Wildman–Crippen MR) is 106 cm³/mol. The van der Waals surface area contributed by atoms with Crippen molar-refractivity contribution in [3.63, 3.8) is 0 Å². The SMILES string of the molecule is N#Cc1c(C2CCCNC2)cc(-c2ccccc2O)nc1N1CCNCC1. The largest absolute Gasteiger partial charge is 0.507 e. The van der Waals surface area contributed by atoms with Gasteiger partial charge >= 0.3 is 0 Å². The first-order valence-electron chi connectivity index (χ1n) is 9.67. The second kappa shape index (κ2) is 7.95. The number of nitriles is 1. The first-order valence-corrected chi connectivity index (χ1v) is 9.67. The van der Waals surface area contributed by atoms with Crippen LogP contribution < -0.4 is 15.5 Å². The summed E-state index contributed by atoms with van der Waals surface area (Å²) in [6, 6.07) is 11.7. The molecule has 140 valence electrons. The second-order valence-electron chi connectivity index (χ2n) is 7.20. The van der Waals surface area contributed by atoms with Gasteiger partial charge in [-0.15, -0.1) is 0 Å². The fourth-order valence-electron chi connectivity index (χ4n) is 4.04. The molecule has 1 aromatic carbocycles. The van der Waals surface area contributed by atoms with E-state index < -0.39 is 0 Å². The molecule has 2 aliphatic rings. The molecule has 3 N–H and O–H groups in total. The lowest BCUT2D eigenvalue weighted by atomic mass is 9.87. The van der Waals surface area contributed by atoms with Crippen LogP contribution in [0.3, 0.4) is 0 Å². The molecule has 2 aromatic rings. The minimum Gasteiger partial charge on any atom is -0.507 e. The number of hydrogen-bond acceptors (Lipinski definition) is 6. The molecule has 2 saturated heterocycles. The molecule has 2 aliphatic heterocycles. The molecular weight excluding hydrogens is 338 g/mol. The van der Waals surface area contributed by atoms with Gasteiger partial charge in [-0.2, -0.15) is 5.26 Å². The normalized spacial score (nSPS) is 20.3. The van der Waals surface area contributed by atoms with Gasteiger partial charge in [0.1, 0.15) is 17.6 Å². The monoisotopic (exact) mass is 363 g/mol. The van der Waals surface area contributed by atoms with Crippen molar-refractivity contribution in [2.24, 2.45) is 0 Å². The number of aromatic hydroxyl groups is 1. The summed E-state index contributed by atoms with van der Waals surface area (Å²) in [4.78, 5) is 7.04. The van der Waals surface area contributed by atoms with E-state index >= 15 is 0 Å². The molecule has 4 rings (SSSR count). The Bertz CT molecular complexity index is 809. The van der Waals surface area contributed by atoms with Gasteiger partial charge in [0.05, 0.1) is 11.3 Å².